The van der Waals surface area contributed by atoms with E-state index < -0.39 is 5.79 Å². The van der Waals surface area contributed by atoms with Gasteiger partial charge < -0.3 is 28.8 Å². The fourth-order valence-electron chi connectivity index (χ4n) is 7.36. The summed E-state index contributed by atoms with van der Waals surface area (Å²) in [4.78, 5) is 27.4. The topological polar surface area (TPSA) is 88.0 Å². The predicted molar refractivity (Wildman–Crippen MR) is 218 cm³/mol. The Morgan fingerprint density at radius 2 is 1.46 bits per heavy atom. The number of carbonyl (C=O) groups excluding carboxylic acids is 2. The molecule has 8 nitrogen and oxygen atoms in total. The summed E-state index contributed by atoms with van der Waals surface area (Å²) in [6, 6.07) is 33.6. The fourth-order valence-corrected chi connectivity index (χ4v) is 7.36. The maximum Gasteiger partial charge on any atom is 0.308 e. The van der Waals surface area contributed by atoms with Crippen LogP contribution in [-0.2, 0) is 32.2 Å². The first-order valence-electron chi connectivity index (χ1n) is 19.5. The molecule has 0 bridgehead atoms. The molecule has 294 valence electrons. The van der Waals surface area contributed by atoms with E-state index >= 15 is 0 Å². The van der Waals surface area contributed by atoms with E-state index in [9.17, 15) is 14.0 Å². The summed E-state index contributed by atoms with van der Waals surface area (Å²) in [6.07, 6.45) is 0.577. The van der Waals surface area contributed by atoms with Crippen LogP contribution in [0, 0.1) is 11.7 Å². The molecule has 9 heteroatoms. The zero-order valence-corrected chi connectivity index (χ0v) is 33.2. The maximum atomic E-state index is 14.6. The molecule has 0 unspecified atom stereocenters. The van der Waals surface area contributed by atoms with Gasteiger partial charge in [0.2, 0.25) is 0 Å². The lowest BCUT2D eigenvalue weighted by Gasteiger charge is -2.40. The molecule has 0 aliphatic carbocycles. The Morgan fingerprint density at radius 3 is 2.11 bits per heavy atom. The van der Waals surface area contributed by atoms with E-state index in [0.29, 0.717) is 49.6 Å². The van der Waals surface area contributed by atoms with Crippen molar-refractivity contribution in [1.82, 2.24) is 4.57 Å². The van der Waals surface area contributed by atoms with Gasteiger partial charge in [-0.25, -0.2) is 4.39 Å². The van der Waals surface area contributed by atoms with E-state index in [1.807, 2.05) is 113 Å². The lowest BCUT2D eigenvalue weighted by molar-refractivity contribution is -0.300. The van der Waals surface area contributed by atoms with Gasteiger partial charge in [-0.1, -0.05) is 88.4 Å². The number of para-hydroxylation sites is 1. The Balaban J connectivity index is 1.41. The SMILES string of the molecule is CC(C)COC(=O)C[C@H]1C[C@@H](CCn2c(-c3ccc(F)cc3)c(-c3ccc(OCc4ccccc4)cc3)c(C(=O)Nc3ccccc3)c2C(C)C)OC(C)(C)O1. The molecule has 1 N–H and O–H groups in total. The zero-order valence-electron chi connectivity index (χ0n) is 33.2. The molecule has 1 aliphatic heterocycles. The monoisotopic (exact) mass is 760 g/mol. The molecule has 0 radical (unpaired) electrons. The smallest absolute Gasteiger partial charge is 0.308 e. The lowest BCUT2D eigenvalue weighted by Crippen LogP contribution is -2.45. The van der Waals surface area contributed by atoms with Gasteiger partial charge in [0.15, 0.2) is 5.79 Å². The first kappa shape index (κ1) is 40.4. The van der Waals surface area contributed by atoms with E-state index in [4.69, 9.17) is 18.9 Å². The van der Waals surface area contributed by atoms with Crippen LogP contribution < -0.4 is 10.1 Å². The predicted octanol–water partition coefficient (Wildman–Crippen LogP) is 10.8. The van der Waals surface area contributed by atoms with Crippen LogP contribution in [0.2, 0.25) is 0 Å². The van der Waals surface area contributed by atoms with E-state index in [2.05, 4.69) is 23.7 Å². The van der Waals surface area contributed by atoms with Crippen LogP contribution in [0.15, 0.2) is 109 Å². The minimum absolute atomic E-state index is 0.0801. The van der Waals surface area contributed by atoms with Crippen LogP contribution >= 0.6 is 0 Å². The number of benzene rings is 4. The average molecular weight is 761 g/mol. The van der Waals surface area contributed by atoms with E-state index in [0.717, 1.165) is 33.6 Å². The summed E-state index contributed by atoms with van der Waals surface area (Å²) < 4.78 is 40.9. The average Bonchev–Trinajstić information content (AvgIpc) is 3.52. The molecule has 1 aromatic heterocycles. The van der Waals surface area contributed by atoms with Crippen LogP contribution in [0.5, 0.6) is 5.75 Å². The largest absolute Gasteiger partial charge is 0.489 e. The molecular weight excluding hydrogens is 708 g/mol. The number of amides is 1. The van der Waals surface area contributed by atoms with E-state index in [1.165, 1.54) is 12.1 Å². The van der Waals surface area contributed by atoms with Gasteiger partial charge in [0.1, 0.15) is 18.2 Å². The Kier molecular flexibility index (Phi) is 13.1. The minimum Gasteiger partial charge on any atom is -0.489 e. The number of hydrogen-bond donors (Lipinski definition) is 1. The van der Waals surface area contributed by atoms with Crippen molar-refractivity contribution in [3.63, 3.8) is 0 Å². The van der Waals surface area contributed by atoms with Crippen LogP contribution in [0.3, 0.4) is 0 Å². The standard InChI is InChI=1S/C47H53FN2O6/c1-31(2)29-54-41(51)28-40-27-39(55-47(5,6)56-40)25-26-50-44(32(3)4)43(46(52)49-37-15-11-8-12-16-37)42(45(50)35-17-21-36(48)22-18-35)34-19-23-38(24-20-34)53-30-33-13-9-7-10-14-33/h7-24,31-32,39-40H,25-30H2,1-6H3,(H,49,52)/t39-,40-/m1/s1. The quantitative estimate of drug-likeness (QED) is 0.107. The molecule has 2 atom stereocenters. The van der Waals surface area contributed by atoms with Gasteiger partial charge in [0.05, 0.1) is 36.5 Å². The fraction of sp³-hybridized carbons (Fsp3) is 0.362. The molecule has 4 aromatic carbocycles. The Hall–Kier alpha value is -5.25. The molecule has 0 spiro atoms. The Morgan fingerprint density at radius 1 is 0.839 bits per heavy atom. The Labute approximate surface area is 329 Å². The highest BCUT2D eigenvalue weighted by Crippen LogP contribution is 2.43. The molecule has 6 rings (SSSR count). The molecule has 5 aromatic rings. The number of halogens is 1. The van der Waals surface area contributed by atoms with Crippen molar-refractivity contribution in [2.45, 2.75) is 97.9 Å². The van der Waals surface area contributed by atoms with Gasteiger partial charge >= 0.3 is 5.97 Å². The summed E-state index contributed by atoms with van der Waals surface area (Å²) in [5.74, 6) is -0.952. The lowest BCUT2D eigenvalue weighted by atomic mass is 9.94. The number of esters is 1. The van der Waals surface area contributed by atoms with Crippen LogP contribution in [0.4, 0.5) is 10.1 Å². The summed E-state index contributed by atoms with van der Waals surface area (Å²) in [7, 11) is 0. The summed E-state index contributed by atoms with van der Waals surface area (Å²) in [6.45, 7) is 13.2. The van der Waals surface area contributed by atoms with Crippen molar-refractivity contribution in [2.24, 2.45) is 5.92 Å². The van der Waals surface area contributed by atoms with Crippen molar-refractivity contribution in [2.75, 3.05) is 11.9 Å². The second kappa shape index (κ2) is 18.1. The normalized spacial score (nSPS) is 16.5. The second-order valence-electron chi connectivity index (χ2n) is 15.6. The van der Waals surface area contributed by atoms with Crippen LogP contribution in [0.1, 0.15) is 88.3 Å². The molecule has 56 heavy (non-hydrogen) atoms. The molecule has 1 saturated heterocycles. The number of hydrogen-bond acceptors (Lipinski definition) is 6. The van der Waals surface area contributed by atoms with E-state index in [-0.39, 0.29) is 48.2 Å². The summed E-state index contributed by atoms with van der Waals surface area (Å²) in [5, 5.41) is 3.15. The molecular formula is C47H53FN2O6. The third kappa shape index (κ3) is 10.3. The van der Waals surface area contributed by atoms with Crippen molar-refractivity contribution < 1.29 is 32.9 Å². The highest BCUT2D eigenvalue weighted by Gasteiger charge is 2.37. The first-order chi connectivity index (χ1) is 26.9. The number of nitrogens with one attached hydrogen (secondary N) is 1. The maximum absolute atomic E-state index is 14.6. The van der Waals surface area contributed by atoms with Crippen molar-refractivity contribution in [3.8, 4) is 28.1 Å². The molecule has 0 saturated carbocycles. The van der Waals surface area contributed by atoms with Crippen molar-refractivity contribution in [1.29, 1.82) is 0 Å². The summed E-state index contributed by atoms with van der Waals surface area (Å²) >= 11 is 0. The van der Waals surface area contributed by atoms with Crippen molar-refractivity contribution in [3.05, 3.63) is 132 Å². The molecule has 1 fully saturated rings. The molecule has 1 aliphatic rings. The zero-order chi connectivity index (χ0) is 39.8. The number of nitrogens with zero attached hydrogens (tertiary/aromatic N) is 1. The number of carbonyl (C=O) groups is 2. The van der Waals surface area contributed by atoms with Crippen molar-refractivity contribution >= 4 is 17.6 Å². The minimum atomic E-state index is -0.917. The van der Waals surface area contributed by atoms with Gasteiger partial charge in [-0.3, -0.25) is 9.59 Å². The van der Waals surface area contributed by atoms with Gasteiger partial charge in [-0.2, -0.15) is 0 Å². The highest BCUT2D eigenvalue weighted by molar-refractivity contribution is 6.12. The third-order valence-corrected chi connectivity index (χ3v) is 9.69. The number of anilines is 1. The van der Waals surface area contributed by atoms with Crippen LogP contribution in [0.25, 0.3) is 22.4 Å². The van der Waals surface area contributed by atoms with Gasteiger partial charge in [0, 0.05) is 29.9 Å². The number of ether oxygens (including phenoxy) is 4. The Bertz CT molecular complexity index is 2060. The summed E-state index contributed by atoms with van der Waals surface area (Å²) in [5.41, 5.74) is 6.24. The van der Waals surface area contributed by atoms with E-state index in [1.54, 1.807) is 12.1 Å². The van der Waals surface area contributed by atoms with Gasteiger partial charge in [-0.05, 0) is 97.3 Å². The molecule has 2 heterocycles. The van der Waals surface area contributed by atoms with Gasteiger partial charge in [-0.15, -0.1) is 0 Å². The number of rotatable bonds is 15. The highest BCUT2D eigenvalue weighted by atomic mass is 19.1. The third-order valence-electron chi connectivity index (χ3n) is 9.69. The second-order valence-corrected chi connectivity index (χ2v) is 15.6. The van der Waals surface area contributed by atoms with Crippen LogP contribution in [-0.4, -0.2) is 41.0 Å². The van der Waals surface area contributed by atoms with Gasteiger partial charge in [0.25, 0.3) is 5.91 Å². The molecule has 1 amide bonds. The number of aromatic nitrogens is 1. The first-order valence-corrected chi connectivity index (χ1v) is 19.5.